The molecule has 0 radical (unpaired) electrons. The minimum Gasteiger partial charge on any atom is -0.490 e. The van der Waals surface area contributed by atoms with Gasteiger partial charge in [-0.05, 0) is 83.1 Å². The molecule has 3 rings (SSSR count). The Kier molecular flexibility index (Phi) is 8.36. The van der Waals surface area contributed by atoms with Gasteiger partial charge in [0.25, 0.3) is 11.8 Å². The molecule has 1 heterocycles. The quantitative estimate of drug-likeness (QED) is 0.260. The number of thioether (sulfide) groups is 1. The third-order valence-electron chi connectivity index (χ3n) is 4.09. The first-order valence-electron chi connectivity index (χ1n) is 9.38. The summed E-state index contributed by atoms with van der Waals surface area (Å²) in [5.74, 6) is 0.181. The molecule has 2 aromatic carbocycles. The molecule has 0 atom stereocenters. The number of ether oxygens (including phenoxy) is 2. The van der Waals surface area contributed by atoms with Crippen molar-refractivity contribution in [3.05, 3.63) is 74.6 Å². The molecule has 0 bridgehead atoms. The molecule has 0 saturated carbocycles. The number of hydrogen-bond donors (Lipinski definition) is 1. The average Bonchev–Trinajstić information content (AvgIpc) is 3.01. The van der Waals surface area contributed by atoms with Gasteiger partial charge in [-0.15, -0.1) is 0 Å². The molecule has 1 aliphatic rings. The lowest BCUT2D eigenvalue weighted by atomic mass is 10.2. The number of halogens is 2. The number of rotatable bonds is 8. The van der Waals surface area contributed by atoms with E-state index >= 15 is 0 Å². The maximum absolute atomic E-state index is 12.9. The summed E-state index contributed by atoms with van der Waals surface area (Å²) in [4.78, 5) is 25.7. The highest BCUT2D eigenvalue weighted by Crippen LogP contribution is 2.39. The summed E-state index contributed by atoms with van der Waals surface area (Å²) in [7, 11) is 0. The maximum atomic E-state index is 12.9. The van der Waals surface area contributed by atoms with E-state index in [2.05, 4.69) is 27.9 Å². The molecule has 1 aliphatic heterocycles. The van der Waals surface area contributed by atoms with Crippen LogP contribution in [0, 0.1) is 0 Å². The molecule has 0 spiro atoms. The van der Waals surface area contributed by atoms with Crippen molar-refractivity contribution in [1.29, 1.82) is 0 Å². The minimum absolute atomic E-state index is 0.221. The van der Waals surface area contributed by atoms with E-state index in [-0.39, 0.29) is 4.32 Å². The molecular weight excluding hydrogens is 536 g/mol. The van der Waals surface area contributed by atoms with Crippen molar-refractivity contribution in [3.63, 3.8) is 0 Å². The maximum Gasteiger partial charge on any atom is 0.285 e. The first kappa shape index (κ1) is 24.3. The molecule has 1 N–H and O–H groups in total. The highest BCUT2D eigenvalue weighted by Gasteiger charge is 2.34. The van der Waals surface area contributed by atoms with Crippen molar-refractivity contribution in [2.75, 3.05) is 13.2 Å². The second-order valence-electron chi connectivity index (χ2n) is 6.33. The summed E-state index contributed by atoms with van der Waals surface area (Å²) in [6.45, 7) is 6.28. The van der Waals surface area contributed by atoms with Crippen LogP contribution in [-0.2, 0) is 4.79 Å². The van der Waals surface area contributed by atoms with E-state index in [0.29, 0.717) is 50.2 Å². The Bertz CT molecular complexity index is 1110. The van der Waals surface area contributed by atoms with Gasteiger partial charge in [0.2, 0.25) is 0 Å². The number of thiocarbonyl (C=S) groups is 1. The summed E-state index contributed by atoms with van der Waals surface area (Å²) < 4.78 is 12.3. The Labute approximate surface area is 208 Å². The largest absolute Gasteiger partial charge is 0.490 e. The van der Waals surface area contributed by atoms with Crippen LogP contribution in [0.15, 0.2) is 58.4 Å². The smallest absolute Gasteiger partial charge is 0.285 e. The van der Waals surface area contributed by atoms with Crippen molar-refractivity contribution < 1.29 is 19.1 Å². The molecule has 2 amide bonds. The van der Waals surface area contributed by atoms with E-state index in [1.54, 1.807) is 48.6 Å². The molecule has 0 aromatic heterocycles. The predicted octanol–water partition coefficient (Wildman–Crippen LogP) is 5.61. The van der Waals surface area contributed by atoms with E-state index < -0.39 is 11.8 Å². The molecule has 6 nitrogen and oxygen atoms in total. The summed E-state index contributed by atoms with van der Waals surface area (Å²) in [6.07, 6.45) is 3.32. The zero-order valence-corrected chi connectivity index (χ0v) is 20.9. The normalized spacial score (nSPS) is 14.6. The fraction of sp³-hybridized carbons (Fsp3) is 0.136. The van der Waals surface area contributed by atoms with E-state index in [1.165, 1.54) is 0 Å². The van der Waals surface area contributed by atoms with Crippen LogP contribution in [0.5, 0.6) is 11.5 Å². The van der Waals surface area contributed by atoms with Crippen LogP contribution in [0.4, 0.5) is 0 Å². The fourth-order valence-electron chi connectivity index (χ4n) is 2.70. The van der Waals surface area contributed by atoms with Crippen LogP contribution in [0.3, 0.4) is 0 Å². The summed E-state index contributed by atoms with van der Waals surface area (Å²) in [5.41, 5.74) is 3.60. The van der Waals surface area contributed by atoms with Crippen LogP contribution < -0.4 is 14.9 Å². The highest BCUT2D eigenvalue weighted by molar-refractivity contribution is 9.10. The number of carbonyl (C=O) groups excluding carboxylic acids is 2. The monoisotopic (exact) mass is 552 g/mol. The third kappa shape index (κ3) is 5.72. The zero-order chi connectivity index (χ0) is 23.3. The van der Waals surface area contributed by atoms with Gasteiger partial charge in [-0.3, -0.25) is 15.0 Å². The number of amides is 2. The van der Waals surface area contributed by atoms with E-state index in [1.807, 2.05) is 6.92 Å². The van der Waals surface area contributed by atoms with Gasteiger partial charge in [0.05, 0.1) is 16.0 Å². The van der Waals surface area contributed by atoms with Crippen LogP contribution in [-0.4, -0.2) is 34.4 Å². The Hall–Kier alpha value is -2.33. The number of hydrazine groups is 1. The highest BCUT2D eigenvalue weighted by atomic mass is 79.9. The van der Waals surface area contributed by atoms with Gasteiger partial charge in [-0.25, -0.2) is 0 Å². The predicted molar refractivity (Wildman–Crippen MR) is 135 cm³/mol. The third-order valence-corrected chi connectivity index (χ3v) is 6.23. The number of nitrogens with one attached hydrogen (secondary N) is 1. The van der Waals surface area contributed by atoms with Gasteiger partial charge in [-0.2, -0.15) is 5.01 Å². The number of hydrogen-bond acceptors (Lipinski definition) is 6. The number of nitrogens with zero attached hydrogens (tertiary/aromatic N) is 1. The van der Waals surface area contributed by atoms with Crippen molar-refractivity contribution in [3.8, 4) is 11.5 Å². The Morgan fingerprint density at radius 3 is 2.69 bits per heavy atom. The lowest BCUT2D eigenvalue weighted by Gasteiger charge is -2.15. The van der Waals surface area contributed by atoms with E-state index in [9.17, 15) is 9.59 Å². The summed E-state index contributed by atoms with van der Waals surface area (Å²) >= 11 is 15.7. The Balaban J connectivity index is 1.82. The first-order chi connectivity index (χ1) is 15.3. The zero-order valence-electron chi connectivity index (χ0n) is 16.9. The Morgan fingerprint density at radius 2 is 2.03 bits per heavy atom. The van der Waals surface area contributed by atoms with E-state index in [4.69, 9.17) is 33.3 Å². The number of benzene rings is 2. The second kappa shape index (κ2) is 11.0. The van der Waals surface area contributed by atoms with Crippen LogP contribution >= 0.6 is 51.5 Å². The molecule has 166 valence electrons. The molecule has 2 aromatic rings. The van der Waals surface area contributed by atoms with E-state index in [0.717, 1.165) is 16.8 Å². The molecule has 1 fully saturated rings. The van der Waals surface area contributed by atoms with Gasteiger partial charge in [0, 0.05) is 10.6 Å². The fourth-order valence-corrected chi connectivity index (χ4v) is 4.58. The average molecular weight is 554 g/mol. The van der Waals surface area contributed by atoms with Gasteiger partial charge in [0.1, 0.15) is 6.61 Å². The van der Waals surface area contributed by atoms with Gasteiger partial charge < -0.3 is 9.47 Å². The summed E-state index contributed by atoms with van der Waals surface area (Å²) in [6, 6.07) is 9.89. The standard InChI is InChI=1S/C22H18BrClN2O4S2/c1-3-9-30-19-16(23)10-13(11-17(19)29-4-2)12-18-21(28)26(22(31)32-18)25-20(27)14-5-7-15(24)8-6-14/h3,5-8,10-12H,1,4,9H2,2H3,(H,25,27)/b18-12+. The van der Waals surface area contributed by atoms with Crippen LogP contribution in [0.25, 0.3) is 6.08 Å². The van der Waals surface area contributed by atoms with Crippen molar-refractivity contribution >= 4 is 73.7 Å². The SMILES string of the molecule is C=CCOc1c(Br)cc(/C=C2/SC(=S)N(NC(=O)c3ccc(Cl)cc3)C2=O)cc1OCC. The lowest BCUT2D eigenvalue weighted by molar-refractivity contribution is -0.123. The lowest BCUT2D eigenvalue weighted by Crippen LogP contribution is -2.44. The molecule has 10 heteroatoms. The van der Waals surface area contributed by atoms with Crippen molar-refractivity contribution in [2.24, 2.45) is 0 Å². The molecule has 1 saturated heterocycles. The van der Waals surface area contributed by atoms with Crippen LogP contribution in [0.2, 0.25) is 5.02 Å². The Morgan fingerprint density at radius 1 is 1.31 bits per heavy atom. The minimum atomic E-state index is -0.468. The van der Waals surface area contributed by atoms with Gasteiger partial charge in [-0.1, -0.05) is 36.0 Å². The van der Waals surface area contributed by atoms with Gasteiger partial charge >= 0.3 is 0 Å². The molecule has 32 heavy (non-hydrogen) atoms. The summed E-state index contributed by atoms with van der Waals surface area (Å²) in [5, 5.41) is 1.57. The van der Waals surface area contributed by atoms with Crippen LogP contribution in [0.1, 0.15) is 22.8 Å². The molecule has 0 unspecified atom stereocenters. The first-order valence-corrected chi connectivity index (χ1v) is 11.8. The number of carbonyl (C=O) groups is 2. The van der Waals surface area contributed by atoms with Crippen molar-refractivity contribution in [1.82, 2.24) is 10.4 Å². The van der Waals surface area contributed by atoms with Gasteiger partial charge in [0.15, 0.2) is 15.8 Å². The molecular formula is C22H18BrClN2O4S2. The van der Waals surface area contributed by atoms with Crippen molar-refractivity contribution in [2.45, 2.75) is 6.92 Å². The second-order valence-corrected chi connectivity index (χ2v) is 9.29. The topological polar surface area (TPSA) is 67.9 Å². The molecule has 0 aliphatic carbocycles.